The lowest BCUT2D eigenvalue weighted by Gasteiger charge is -2.27. The zero-order valence-electron chi connectivity index (χ0n) is 14.4. The average Bonchev–Trinajstić information content (AvgIpc) is 2.67. The zero-order chi connectivity index (χ0) is 19.2. The number of amides is 3. The van der Waals surface area contributed by atoms with Gasteiger partial charge in [0.15, 0.2) is 0 Å². The third kappa shape index (κ3) is 4.66. The molecule has 1 aromatic heterocycles. The first kappa shape index (κ1) is 18.9. The monoisotopic (exact) mass is 390 g/mol. The lowest BCUT2D eigenvalue weighted by Crippen LogP contribution is -2.35. The summed E-state index contributed by atoms with van der Waals surface area (Å²) in [5.74, 6) is 0.389. The van der Waals surface area contributed by atoms with Crippen molar-refractivity contribution in [2.45, 2.75) is 12.5 Å². The highest BCUT2D eigenvalue weighted by molar-refractivity contribution is 6.32. The number of nitrogens with zero attached hydrogens (tertiary/aromatic N) is 1. The number of anilines is 1. The number of hydrogen-bond donors (Lipinski definition) is 4. The van der Waals surface area contributed by atoms with Gasteiger partial charge in [-0.2, -0.15) is 0 Å². The molecular weight excluding hydrogens is 372 g/mol. The molecule has 142 valence electrons. The minimum Gasteiger partial charge on any atom is -0.492 e. The summed E-state index contributed by atoms with van der Waals surface area (Å²) in [7, 11) is 0. The van der Waals surface area contributed by atoms with E-state index in [4.69, 9.17) is 21.4 Å². The van der Waals surface area contributed by atoms with E-state index in [-0.39, 0.29) is 30.7 Å². The van der Waals surface area contributed by atoms with Gasteiger partial charge in [0.05, 0.1) is 24.3 Å². The molecule has 1 aliphatic rings. The molecule has 27 heavy (non-hydrogen) atoms. The Morgan fingerprint density at radius 3 is 2.89 bits per heavy atom. The Kier molecular flexibility index (Phi) is 6.10. The van der Waals surface area contributed by atoms with E-state index in [0.29, 0.717) is 23.8 Å². The highest BCUT2D eigenvalue weighted by Gasteiger charge is 2.24. The summed E-state index contributed by atoms with van der Waals surface area (Å²) in [6, 6.07) is 9.41. The Hall–Kier alpha value is -2.84. The largest absolute Gasteiger partial charge is 0.492 e. The van der Waals surface area contributed by atoms with Crippen molar-refractivity contribution in [1.29, 1.82) is 0 Å². The molecule has 2 heterocycles. The van der Waals surface area contributed by atoms with E-state index in [1.165, 1.54) is 6.07 Å². The molecule has 0 unspecified atom stereocenters. The number of benzene rings is 1. The van der Waals surface area contributed by atoms with Crippen molar-refractivity contribution in [3.05, 3.63) is 52.7 Å². The summed E-state index contributed by atoms with van der Waals surface area (Å²) in [5.41, 5.74) is 0.957. The maximum atomic E-state index is 12.4. The van der Waals surface area contributed by atoms with E-state index in [2.05, 4.69) is 20.9 Å². The number of aliphatic hydroxyl groups excluding tert-OH is 1. The number of hydrogen-bond acceptors (Lipinski definition) is 5. The average molecular weight is 391 g/mol. The molecule has 3 amide bonds. The van der Waals surface area contributed by atoms with Crippen LogP contribution in [0, 0.1) is 0 Å². The second-order valence-corrected chi connectivity index (χ2v) is 6.24. The number of fused-ring (bicyclic) bond motifs is 1. The topological polar surface area (TPSA) is 113 Å². The van der Waals surface area contributed by atoms with E-state index in [1.54, 1.807) is 24.3 Å². The summed E-state index contributed by atoms with van der Waals surface area (Å²) in [4.78, 5) is 28.4. The molecule has 1 aromatic carbocycles. The third-order valence-electron chi connectivity index (χ3n) is 3.95. The fraction of sp³-hybridized carbons (Fsp3) is 0.278. The van der Waals surface area contributed by atoms with Crippen molar-refractivity contribution in [2.75, 3.05) is 25.1 Å². The van der Waals surface area contributed by atoms with E-state index in [9.17, 15) is 9.59 Å². The fourth-order valence-electron chi connectivity index (χ4n) is 2.74. The van der Waals surface area contributed by atoms with Crippen LogP contribution in [0.25, 0.3) is 0 Å². The Labute approximate surface area is 160 Å². The number of aliphatic hydroxyl groups is 1. The summed E-state index contributed by atoms with van der Waals surface area (Å²) in [6.45, 7) is 0.410. The van der Waals surface area contributed by atoms with Crippen molar-refractivity contribution in [2.24, 2.45) is 0 Å². The van der Waals surface area contributed by atoms with Gasteiger partial charge in [0.2, 0.25) is 0 Å². The lowest BCUT2D eigenvalue weighted by atomic mass is 10.0. The molecule has 0 aliphatic carbocycles. The van der Waals surface area contributed by atoms with Gasteiger partial charge in [0.25, 0.3) is 5.91 Å². The van der Waals surface area contributed by atoms with Crippen LogP contribution in [0.1, 0.15) is 28.5 Å². The molecule has 0 saturated heterocycles. The maximum absolute atomic E-state index is 12.4. The summed E-state index contributed by atoms with van der Waals surface area (Å²) >= 11 is 6.14. The molecule has 3 rings (SSSR count). The van der Waals surface area contributed by atoms with Crippen LogP contribution in [0.15, 0.2) is 36.4 Å². The zero-order valence-corrected chi connectivity index (χ0v) is 15.1. The quantitative estimate of drug-likeness (QED) is 0.624. The first-order valence-corrected chi connectivity index (χ1v) is 8.81. The minimum atomic E-state index is -0.451. The fourth-order valence-corrected chi connectivity index (χ4v) is 2.97. The molecule has 2 aromatic rings. The van der Waals surface area contributed by atoms with Gasteiger partial charge in [0.1, 0.15) is 17.3 Å². The number of carbonyl (C=O) groups excluding carboxylic acids is 2. The number of rotatable bonds is 5. The number of urea groups is 1. The van der Waals surface area contributed by atoms with Gasteiger partial charge >= 0.3 is 6.03 Å². The van der Waals surface area contributed by atoms with Crippen LogP contribution in [-0.4, -0.2) is 41.8 Å². The van der Waals surface area contributed by atoms with Crippen molar-refractivity contribution in [1.82, 2.24) is 15.6 Å². The highest BCUT2D eigenvalue weighted by atomic mass is 35.5. The smallest absolute Gasteiger partial charge is 0.320 e. The minimum absolute atomic E-state index is 0.129. The Balaban J connectivity index is 1.66. The molecule has 0 radical (unpaired) electrons. The van der Waals surface area contributed by atoms with Gasteiger partial charge < -0.3 is 20.5 Å². The molecule has 0 bridgehead atoms. The van der Waals surface area contributed by atoms with Crippen LogP contribution in [0.3, 0.4) is 0 Å². The standard InChI is InChI=1S/C18H19ClN4O4/c19-12-4-1-3-11-13(7-10-27-16(11)12)22-18(26)23-15-6-2-5-14(21-15)17(25)20-8-9-24/h1-6,13,24H,7-10H2,(H,20,25)(H2,21,22,23,26)/t13-/m0/s1. The number of pyridine rings is 1. The van der Waals surface area contributed by atoms with Crippen LogP contribution in [-0.2, 0) is 0 Å². The maximum Gasteiger partial charge on any atom is 0.320 e. The predicted molar refractivity (Wildman–Crippen MR) is 100 cm³/mol. The van der Waals surface area contributed by atoms with Gasteiger partial charge in [-0.25, -0.2) is 9.78 Å². The van der Waals surface area contributed by atoms with E-state index >= 15 is 0 Å². The molecule has 1 aliphatic heterocycles. The predicted octanol–water partition coefficient (Wildman–Crippen LogP) is 2.10. The van der Waals surface area contributed by atoms with Crippen molar-refractivity contribution in [3.63, 3.8) is 0 Å². The molecule has 0 spiro atoms. The van der Waals surface area contributed by atoms with Gasteiger partial charge in [0, 0.05) is 18.5 Å². The second-order valence-electron chi connectivity index (χ2n) is 5.83. The van der Waals surface area contributed by atoms with Crippen LogP contribution >= 0.6 is 11.6 Å². The van der Waals surface area contributed by atoms with Crippen LogP contribution < -0.4 is 20.7 Å². The molecule has 0 saturated carbocycles. The number of halogens is 1. The highest BCUT2D eigenvalue weighted by Crippen LogP contribution is 2.37. The van der Waals surface area contributed by atoms with Crippen molar-refractivity contribution < 1.29 is 19.4 Å². The number of carbonyl (C=O) groups is 2. The lowest BCUT2D eigenvalue weighted by molar-refractivity contribution is 0.0940. The van der Waals surface area contributed by atoms with Gasteiger partial charge in [-0.15, -0.1) is 0 Å². The van der Waals surface area contributed by atoms with Crippen molar-refractivity contribution in [3.8, 4) is 5.75 Å². The summed E-state index contributed by atoms with van der Waals surface area (Å²) < 4.78 is 5.58. The van der Waals surface area contributed by atoms with Gasteiger partial charge in [-0.1, -0.05) is 29.8 Å². The summed E-state index contributed by atoms with van der Waals surface area (Å²) in [6.07, 6.45) is 0.609. The molecular formula is C18H19ClN4O4. The Bertz CT molecular complexity index is 846. The van der Waals surface area contributed by atoms with Crippen molar-refractivity contribution >= 4 is 29.4 Å². The van der Waals surface area contributed by atoms with E-state index < -0.39 is 11.9 Å². The Morgan fingerprint density at radius 2 is 2.07 bits per heavy atom. The first-order valence-electron chi connectivity index (χ1n) is 8.43. The number of para-hydroxylation sites is 1. The van der Waals surface area contributed by atoms with E-state index in [0.717, 1.165) is 5.56 Å². The second kappa shape index (κ2) is 8.70. The number of ether oxygens (including phenoxy) is 1. The SMILES string of the molecule is O=C(Nc1cccc(C(=O)NCCO)n1)N[C@H]1CCOc2c(Cl)cccc21. The molecule has 4 N–H and O–H groups in total. The normalized spacial score (nSPS) is 15.3. The van der Waals surface area contributed by atoms with Gasteiger partial charge in [-0.3, -0.25) is 10.1 Å². The first-order chi connectivity index (χ1) is 13.1. The summed E-state index contributed by atoms with van der Waals surface area (Å²) in [5, 5.41) is 17.3. The Morgan fingerprint density at radius 1 is 1.26 bits per heavy atom. The van der Waals surface area contributed by atoms with Gasteiger partial charge in [-0.05, 0) is 18.2 Å². The van der Waals surface area contributed by atoms with Crippen LogP contribution in [0.4, 0.5) is 10.6 Å². The molecule has 9 heteroatoms. The molecule has 1 atom stereocenters. The third-order valence-corrected chi connectivity index (χ3v) is 4.25. The molecule has 8 nitrogen and oxygen atoms in total. The van der Waals surface area contributed by atoms with E-state index in [1.807, 2.05) is 6.07 Å². The molecule has 0 fully saturated rings. The number of aromatic nitrogens is 1. The van der Waals surface area contributed by atoms with Crippen LogP contribution in [0.5, 0.6) is 5.75 Å². The number of nitrogens with one attached hydrogen (secondary N) is 3. The van der Waals surface area contributed by atoms with Crippen LogP contribution in [0.2, 0.25) is 5.02 Å².